The first kappa shape index (κ1) is 11.8. The molecule has 1 aromatic rings. The first-order valence-electron chi connectivity index (χ1n) is 5.74. The molecule has 16 heavy (non-hydrogen) atoms. The minimum absolute atomic E-state index is 0.561. The Morgan fingerprint density at radius 2 is 2.44 bits per heavy atom. The van der Waals surface area contributed by atoms with Crippen LogP contribution in [0.2, 0.25) is 5.15 Å². The molecule has 0 saturated carbocycles. The number of halogens is 1. The lowest BCUT2D eigenvalue weighted by Crippen LogP contribution is -2.26. The maximum absolute atomic E-state index is 5.75. The van der Waals surface area contributed by atoms with Crippen molar-refractivity contribution in [2.45, 2.75) is 13.0 Å². The maximum atomic E-state index is 5.75. The van der Waals surface area contributed by atoms with Crippen molar-refractivity contribution in [2.24, 2.45) is 5.92 Å². The zero-order valence-electron chi connectivity index (χ0n) is 9.62. The molecule has 0 unspecified atom stereocenters. The summed E-state index contributed by atoms with van der Waals surface area (Å²) in [4.78, 5) is 6.44. The van der Waals surface area contributed by atoms with Gasteiger partial charge in [-0.2, -0.15) is 0 Å². The van der Waals surface area contributed by atoms with Crippen LogP contribution >= 0.6 is 11.6 Å². The van der Waals surface area contributed by atoms with E-state index in [1.165, 1.54) is 18.5 Å². The average Bonchev–Trinajstić information content (AvgIpc) is 2.74. The lowest BCUT2D eigenvalue weighted by molar-refractivity contribution is 0.278. The molecule has 1 aliphatic rings. The normalized spacial score (nSPS) is 20.6. The molecule has 88 valence electrons. The number of nitrogens with one attached hydrogen (secondary N) is 1. The van der Waals surface area contributed by atoms with Crippen LogP contribution in [0.25, 0.3) is 0 Å². The van der Waals surface area contributed by atoms with Crippen LogP contribution in [0.4, 0.5) is 0 Å². The van der Waals surface area contributed by atoms with Gasteiger partial charge in [-0.25, -0.2) is 4.98 Å². The van der Waals surface area contributed by atoms with E-state index in [0.29, 0.717) is 5.15 Å². The van der Waals surface area contributed by atoms with E-state index in [-0.39, 0.29) is 0 Å². The molecule has 0 radical (unpaired) electrons. The van der Waals surface area contributed by atoms with Crippen molar-refractivity contribution in [2.75, 3.05) is 26.7 Å². The molecule has 3 nitrogen and oxygen atoms in total. The Balaban J connectivity index is 1.81. The fourth-order valence-corrected chi connectivity index (χ4v) is 2.30. The van der Waals surface area contributed by atoms with Gasteiger partial charge in [0.2, 0.25) is 0 Å². The predicted octanol–water partition coefficient (Wildman–Crippen LogP) is 1.78. The number of nitrogens with zero attached hydrogens (tertiary/aromatic N) is 2. The summed E-state index contributed by atoms with van der Waals surface area (Å²) in [6.07, 6.45) is 3.15. The van der Waals surface area contributed by atoms with Crippen LogP contribution < -0.4 is 5.32 Å². The van der Waals surface area contributed by atoms with Crippen LogP contribution in [0.5, 0.6) is 0 Å². The Morgan fingerprint density at radius 1 is 1.56 bits per heavy atom. The monoisotopic (exact) mass is 239 g/mol. The standard InChI is InChI=1S/C12H18ClN3/c1-16(9-11-4-5-14-6-11)8-10-2-3-12(13)15-7-10/h2-3,7,11,14H,4-6,8-9H2,1H3/t11-/m0/s1. The van der Waals surface area contributed by atoms with Gasteiger partial charge in [-0.05, 0) is 44.1 Å². The highest BCUT2D eigenvalue weighted by atomic mass is 35.5. The second-order valence-electron chi connectivity index (χ2n) is 4.54. The van der Waals surface area contributed by atoms with Gasteiger partial charge >= 0.3 is 0 Å². The van der Waals surface area contributed by atoms with Crippen molar-refractivity contribution >= 4 is 11.6 Å². The highest BCUT2D eigenvalue weighted by Gasteiger charge is 2.16. The summed E-state index contributed by atoms with van der Waals surface area (Å²) in [5.41, 5.74) is 1.22. The molecule has 0 bridgehead atoms. The van der Waals surface area contributed by atoms with Gasteiger partial charge in [-0.3, -0.25) is 0 Å². The van der Waals surface area contributed by atoms with Gasteiger partial charge in [0.05, 0.1) is 0 Å². The summed E-state index contributed by atoms with van der Waals surface area (Å²) < 4.78 is 0. The number of rotatable bonds is 4. The molecule has 0 aromatic carbocycles. The fourth-order valence-electron chi connectivity index (χ4n) is 2.19. The van der Waals surface area contributed by atoms with E-state index in [2.05, 4.69) is 22.2 Å². The molecular weight excluding hydrogens is 222 g/mol. The molecule has 2 heterocycles. The summed E-state index contributed by atoms with van der Waals surface area (Å²) in [5.74, 6) is 0.797. The quantitative estimate of drug-likeness (QED) is 0.812. The average molecular weight is 240 g/mol. The van der Waals surface area contributed by atoms with Crippen molar-refractivity contribution in [1.82, 2.24) is 15.2 Å². The predicted molar refractivity (Wildman–Crippen MR) is 66.6 cm³/mol. The van der Waals surface area contributed by atoms with Crippen LogP contribution in [-0.4, -0.2) is 36.6 Å². The molecule has 1 atom stereocenters. The van der Waals surface area contributed by atoms with Crippen molar-refractivity contribution in [3.05, 3.63) is 29.0 Å². The van der Waals surface area contributed by atoms with Gasteiger partial charge < -0.3 is 10.2 Å². The van der Waals surface area contributed by atoms with E-state index in [9.17, 15) is 0 Å². The Hall–Kier alpha value is -0.640. The molecule has 1 aromatic heterocycles. The smallest absolute Gasteiger partial charge is 0.129 e. The molecule has 1 aliphatic heterocycles. The summed E-state index contributed by atoms with van der Waals surface area (Å²) in [6, 6.07) is 3.89. The van der Waals surface area contributed by atoms with Crippen LogP contribution in [-0.2, 0) is 6.54 Å². The minimum Gasteiger partial charge on any atom is -0.316 e. The van der Waals surface area contributed by atoms with Crippen LogP contribution in [0.3, 0.4) is 0 Å². The van der Waals surface area contributed by atoms with Crippen LogP contribution in [0.15, 0.2) is 18.3 Å². The van der Waals surface area contributed by atoms with Crippen LogP contribution in [0.1, 0.15) is 12.0 Å². The third-order valence-electron chi connectivity index (χ3n) is 2.97. The molecule has 2 rings (SSSR count). The lowest BCUT2D eigenvalue weighted by atomic mass is 10.1. The van der Waals surface area contributed by atoms with E-state index < -0.39 is 0 Å². The number of hydrogen-bond acceptors (Lipinski definition) is 3. The topological polar surface area (TPSA) is 28.2 Å². The summed E-state index contributed by atoms with van der Waals surface area (Å²) in [7, 11) is 2.16. The van der Waals surface area contributed by atoms with E-state index >= 15 is 0 Å². The molecule has 1 saturated heterocycles. The molecule has 1 fully saturated rings. The third-order valence-corrected chi connectivity index (χ3v) is 3.20. The summed E-state index contributed by atoms with van der Waals surface area (Å²) in [6.45, 7) is 4.42. The summed E-state index contributed by atoms with van der Waals surface area (Å²) >= 11 is 5.75. The Labute approximate surface area is 102 Å². The van der Waals surface area contributed by atoms with Gasteiger partial charge in [-0.1, -0.05) is 17.7 Å². The minimum atomic E-state index is 0.561. The van der Waals surface area contributed by atoms with Crippen molar-refractivity contribution in [3.8, 4) is 0 Å². The Kier molecular flexibility index (Phi) is 4.16. The van der Waals surface area contributed by atoms with E-state index in [1.807, 2.05) is 18.3 Å². The maximum Gasteiger partial charge on any atom is 0.129 e. The van der Waals surface area contributed by atoms with Crippen LogP contribution in [0, 0.1) is 5.92 Å². The Bertz CT molecular complexity index is 320. The van der Waals surface area contributed by atoms with E-state index in [0.717, 1.165) is 25.6 Å². The lowest BCUT2D eigenvalue weighted by Gasteiger charge is -2.20. The van der Waals surface area contributed by atoms with Gasteiger partial charge in [0.1, 0.15) is 5.15 Å². The first-order chi connectivity index (χ1) is 7.74. The first-order valence-corrected chi connectivity index (χ1v) is 6.11. The molecular formula is C12H18ClN3. The van der Waals surface area contributed by atoms with Crippen molar-refractivity contribution in [1.29, 1.82) is 0 Å². The third kappa shape index (κ3) is 3.44. The van der Waals surface area contributed by atoms with Gasteiger partial charge in [0, 0.05) is 19.3 Å². The second kappa shape index (κ2) is 5.62. The number of hydrogen-bond donors (Lipinski definition) is 1. The van der Waals surface area contributed by atoms with E-state index in [4.69, 9.17) is 11.6 Å². The van der Waals surface area contributed by atoms with E-state index in [1.54, 1.807) is 0 Å². The SMILES string of the molecule is CN(Cc1ccc(Cl)nc1)C[C@H]1CCNC1. The highest BCUT2D eigenvalue weighted by Crippen LogP contribution is 2.12. The van der Waals surface area contributed by atoms with Gasteiger partial charge in [0.15, 0.2) is 0 Å². The van der Waals surface area contributed by atoms with Crippen molar-refractivity contribution in [3.63, 3.8) is 0 Å². The zero-order chi connectivity index (χ0) is 11.4. The molecule has 4 heteroatoms. The second-order valence-corrected chi connectivity index (χ2v) is 4.93. The largest absolute Gasteiger partial charge is 0.316 e. The summed E-state index contributed by atoms with van der Waals surface area (Å²) in [5, 5.41) is 3.95. The molecule has 1 N–H and O–H groups in total. The van der Waals surface area contributed by atoms with Gasteiger partial charge in [-0.15, -0.1) is 0 Å². The van der Waals surface area contributed by atoms with Crippen molar-refractivity contribution < 1.29 is 0 Å². The number of aromatic nitrogens is 1. The highest BCUT2D eigenvalue weighted by molar-refractivity contribution is 6.29. The zero-order valence-corrected chi connectivity index (χ0v) is 10.4. The molecule has 0 aliphatic carbocycles. The molecule has 0 spiro atoms. The fraction of sp³-hybridized carbons (Fsp3) is 0.583. The Morgan fingerprint density at radius 3 is 3.06 bits per heavy atom. The number of pyridine rings is 1. The van der Waals surface area contributed by atoms with Gasteiger partial charge in [0.25, 0.3) is 0 Å². The molecule has 0 amide bonds.